The fourth-order valence-corrected chi connectivity index (χ4v) is 4.66. The number of fused-ring (bicyclic) bond motifs is 4. The number of thiol groups is 1. The first kappa shape index (κ1) is 13.5. The second kappa shape index (κ2) is 5.26. The minimum atomic E-state index is -0.0511. The van der Waals surface area contributed by atoms with Crippen LogP contribution < -0.4 is 5.32 Å². The summed E-state index contributed by atoms with van der Waals surface area (Å²) in [5, 5.41) is 4.23. The van der Waals surface area contributed by atoms with Gasteiger partial charge < -0.3 is 10.2 Å². The molecule has 110 valence electrons. The van der Waals surface area contributed by atoms with Crippen molar-refractivity contribution < 1.29 is 4.79 Å². The van der Waals surface area contributed by atoms with E-state index in [1.807, 2.05) is 12.1 Å². The largest absolute Gasteiger partial charge is 0.346 e. The third kappa shape index (κ3) is 2.56. The molecule has 2 aromatic rings. The fourth-order valence-electron chi connectivity index (χ4n) is 3.41. The van der Waals surface area contributed by atoms with Crippen molar-refractivity contribution in [2.75, 3.05) is 19.6 Å². The Bertz CT molecular complexity index is 691. The summed E-state index contributed by atoms with van der Waals surface area (Å²) in [6.45, 7) is 3.35. The van der Waals surface area contributed by atoms with Gasteiger partial charge in [0, 0.05) is 28.9 Å². The van der Waals surface area contributed by atoms with Crippen LogP contribution in [-0.2, 0) is 0 Å². The Kier molecular flexibility index (Phi) is 3.40. The van der Waals surface area contributed by atoms with Gasteiger partial charge in [-0.15, -0.1) is 24.0 Å². The van der Waals surface area contributed by atoms with Crippen LogP contribution in [0.4, 0.5) is 0 Å². The Balaban J connectivity index is 1.53. The summed E-state index contributed by atoms with van der Waals surface area (Å²) in [7, 11) is 0. The van der Waals surface area contributed by atoms with E-state index in [9.17, 15) is 4.79 Å². The van der Waals surface area contributed by atoms with Crippen molar-refractivity contribution in [3.8, 4) is 0 Å². The molecular formula is C15H17N3OS2. The Morgan fingerprint density at radius 2 is 2.19 bits per heavy atom. The standard InChI is InChI=1S/C15H17N3OS2/c19-15(17-12-8-18-3-1-9(12)2-4-18)11-6-13-10(7-16-11)5-14(20)21-13/h5-7,9,12,20H,1-4,8H2,(H,17,19)/t12-/m0/s1. The summed E-state index contributed by atoms with van der Waals surface area (Å²) >= 11 is 5.93. The molecule has 0 spiro atoms. The number of nitrogens with one attached hydrogen (secondary N) is 1. The van der Waals surface area contributed by atoms with Crippen molar-refractivity contribution in [1.82, 2.24) is 15.2 Å². The van der Waals surface area contributed by atoms with E-state index >= 15 is 0 Å². The van der Waals surface area contributed by atoms with E-state index in [0.29, 0.717) is 11.6 Å². The van der Waals surface area contributed by atoms with E-state index in [1.54, 1.807) is 17.5 Å². The number of hydrogen-bond donors (Lipinski definition) is 2. The van der Waals surface area contributed by atoms with Gasteiger partial charge in [-0.05, 0) is 44.0 Å². The van der Waals surface area contributed by atoms with E-state index in [1.165, 1.54) is 25.9 Å². The molecule has 3 aliphatic rings. The third-order valence-corrected chi connectivity index (χ3v) is 5.90. The SMILES string of the molecule is O=C(N[C@H]1CN2CCC1CC2)c1cc2sc(S)cc2cn1. The van der Waals surface area contributed by atoms with Gasteiger partial charge in [0.05, 0.1) is 4.21 Å². The number of carbonyl (C=O) groups excluding carboxylic acids is 1. The lowest BCUT2D eigenvalue weighted by molar-refractivity contribution is 0.0618. The zero-order valence-corrected chi connectivity index (χ0v) is 13.3. The average Bonchev–Trinajstić information content (AvgIpc) is 2.87. The summed E-state index contributed by atoms with van der Waals surface area (Å²) < 4.78 is 2.01. The molecule has 0 unspecified atom stereocenters. The van der Waals surface area contributed by atoms with Crippen molar-refractivity contribution in [3.63, 3.8) is 0 Å². The minimum Gasteiger partial charge on any atom is -0.346 e. The zero-order valence-electron chi connectivity index (χ0n) is 11.6. The number of thiophene rings is 1. The number of rotatable bonds is 2. The van der Waals surface area contributed by atoms with Crippen molar-refractivity contribution >= 4 is 40.0 Å². The average molecular weight is 319 g/mol. The first-order valence-electron chi connectivity index (χ1n) is 7.31. The Morgan fingerprint density at radius 3 is 2.90 bits per heavy atom. The lowest BCUT2D eigenvalue weighted by Crippen LogP contribution is -2.57. The van der Waals surface area contributed by atoms with Crippen LogP contribution in [0.1, 0.15) is 23.3 Å². The molecule has 5 rings (SSSR count). The quantitative estimate of drug-likeness (QED) is 0.836. The molecular weight excluding hydrogens is 302 g/mol. The van der Waals surface area contributed by atoms with Crippen LogP contribution in [0.2, 0.25) is 0 Å². The maximum absolute atomic E-state index is 12.4. The van der Waals surface area contributed by atoms with E-state index in [-0.39, 0.29) is 11.9 Å². The van der Waals surface area contributed by atoms with E-state index in [0.717, 1.165) is 20.8 Å². The summed E-state index contributed by atoms with van der Waals surface area (Å²) in [4.78, 5) is 19.2. The van der Waals surface area contributed by atoms with Crippen LogP contribution in [0.25, 0.3) is 10.1 Å². The molecule has 5 heterocycles. The first-order chi connectivity index (χ1) is 10.2. The molecule has 2 aromatic heterocycles. The molecule has 1 atom stereocenters. The molecule has 3 saturated heterocycles. The van der Waals surface area contributed by atoms with Crippen LogP contribution in [0.5, 0.6) is 0 Å². The molecule has 1 amide bonds. The Labute approximate surface area is 133 Å². The fraction of sp³-hybridized carbons (Fsp3) is 0.467. The highest BCUT2D eigenvalue weighted by Gasteiger charge is 2.35. The number of carbonyl (C=O) groups is 1. The van der Waals surface area contributed by atoms with Crippen LogP contribution in [0.3, 0.4) is 0 Å². The summed E-state index contributed by atoms with van der Waals surface area (Å²) in [5.74, 6) is 0.582. The van der Waals surface area contributed by atoms with Crippen LogP contribution in [-0.4, -0.2) is 41.5 Å². The molecule has 0 radical (unpaired) electrons. The van der Waals surface area contributed by atoms with Crippen molar-refractivity contribution in [2.45, 2.75) is 23.1 Å². The number of piperidine rings is 3. The predicted octanol–water partition coefficient (Wildman–Crippen LogP) is 2.41. The lowest BCUT2D eigenvalue weighted by Gasteiger charge is -2.44. The Morgan fingerprint density at radius 1 is 1.38 bits per heavy atom. The lowest BCUT2D eigenvalue weighted by atomic mass is 9.84. The smallest absolute Gasteiger partial charge is 0.270 e. The van der Waals surface area contributed by atoms with Crippen LogP contribution in [0.15, 0.2) is 22.5 Å². The normalized spacial score (nSPS) is 28.0. The highest BCUT2D eigenvalue weighted by atomic mass is 32.2. The molecule has 2 bridgehead atoms. The maximum Gasteiger partial charge on any atom is 0.270 e. The highest BCUT2D eigenvalue weighted by Crippen LogP contribution is 2.29. The summed E-state index contributed by atoms with van der Waals surface area (Å²) in [5.41, 5.74) is 0.508. The molecule has 0 aliphatic carbocycles. The van der Waals surface area contributed by atoms with E-state index in [4.69, 9.17) is 0 Å². The number of pyridine rings is 1. The molecule has 21 heavy (non-hydrogen) atoms. The highest BCUT2D eigenvalue weighted by molar-refractivity contribution is 7.83. The molecule has 6 heteroatoms. The van der Waals surface area contributed by atoms with Crippen LogP contribution >= 0.6 is 24.0 Å². The first-order valence-corrected chi connectivity index (χ1v) is 8.57. The van der Waals surface area contributed by atoms with Gasteiger partial charge in [-0.1, -0.05) is 0 Å². The second-order valence-electron chi connectivity index (χ2n) is 5.91. The van der Waals surface area contributed by atoms with Gasteiger partial charge in [0.15, 0.2) is 0 Å². The van der Waals surface area contributed by atoms with Crippen molar-refractivity contribution in [2.24, 2.45) is 5.92 Å². The maximum atomic E-state index is 12.4. The topological polar surface area (TPSA) is 45.2 Å². The summed E-state index contributed by atoms with van der Waals surface area (Å²) in [6, 6.07) is 4.13. The number of amides is 1. The van der Waals surface area contributed by atoms with Gasteiger partial charge in [-0.2, -0.15) is 0 Å². The van der Waals surface area contributed by atoms with Crippen LogP contribution in [0, 0.1) is 5.92 Å². The monoisotopic (exact) mass is 319 g/mol. The number of aromatic nitrogens is 1. The van der Waals surface area contributed by atoms with Gasteiger partial charge in [-0.25, -0.2) is 0 Å². The van der Waals surface area contributed by atoms with Gasteiger partial charge >= 0.3 is 0 Å². The van der Waals surface area contributed by atoms with Gasteiger partial charge in [0.1, 0.15) is 5.69 Å². The molecule has 0 saturated carbocycles. The van der Waals surface area contributed by atoms with E-state index in [2.05, 4.69) is 27.8 Å². The van der Waals surface area contributed by atoms with E-state index < -0.39 is 0 Å². The van der Waals surface area contributed by atoms with Gasteiger partial charge in [-0.3, -0.25) is 9.78 Å². The molecule has 3 aliphatic heterocycles. The minimum absolute atomic E-state index is 0.0511. The third-order valence-electron chi connectivity index (χ3n) is 4.59. The molecule has 1 N–H and O–H groups in total. The molecule has 4 nitrogen and oxygen atoms in total. The number of nitrogens with zero attached hydrogens (tertiary/aromatic N) is 2. The Hall–Kier alpha value is -1.11. The molecule has 0 aromatic carbocycles. The van der Waals surface area contributed by atoms with Gasteiger partial charge in [0.25, 0.3) is 5.91 Å². The molecule has 3 fully saturated rings. The van der Waals surface area contributed by atoms with Crippen molar-refractivity contribution in [1.29, 1.82) is 0 Å². The zero-order chi connectivity index (χ0) is 14.4. The van der Waals surface area contributed by atoms with Gasteiger partial charge in [0.2, 0.25) is 0 Å². The predicted molar refractivity (Wildman–Crippen MR) is 87.3 cm³/mol. The second-order valence-corrected chi connectivity index (χ2v) is 7.78. The van der Waals surface area contributed by atoms with Crippen molar-refractivity contribution in [3.05, 3.63) is 24.0 Å². The number of hydrogen-bond acceptors (Lipinski definition) is 5. The summed E-state index contributed by atoms with van der Waals surface area (Å²) in [6.07, 6.45) is 4.16.